The Bertz CT molecular complexity index is 74.0. The second-order valence-corrected chi connectivity index (χ2v) is 2.62. The fourth-order valence-corrected chi connectivity index (χ4v) is 1.16. The molecule has 0 saturated carbocycles. The van der Waals surface area contributed by atoms with Gasteiger partial charge in [0.15, 0.2) is 0 Å². The highest BCUT2D eigenvalue weighted by molar-refractivity contribution is 5.85. The Kier molecular flexibility index (Phi) is 6.08. The van der Waals surface area contributed by atoms with Crippen LogP contribution in [0.15, 0.2) is 0 Å². The summed E-state index contributed by atoms with van der Waals surface area (Å²) in [4.78, 5) is 0. The molecule has 62 valence electrons. The summed E-state index contributed by atoms with van der Waals surface area (Å²) < 4.78 is 5.23. The zero-order valence-corrected chi connectivity index (χ0v) is 7.25. The van der Waals surface area contributed by atoms with Crippen molar-refractivity contribution in [3.8, 4) is 0 Å². The van der Waals surface area contributed by atoms with Crippen LogP contribution in [-0.4, -0.2) is 26.8 Å². The molecule has 0 bridgehead atoms. The van der Waals surface area contributed by atoms with Crippen molar-refractivity contribution in [2.75, 3.05) is 26.8 Å². The number of hydrogen-bond donors (Lipinski definition) is 1. The summed E-state index contributed by atoms with van der Waals surface area (Å²) in [5.41, 5.74) is 0. The molecule has 0 radical (unpaired) electrons. The number of nitrogens with one attached hydrogen (secondary N) is 1. The first-order chi connectivity index (χ1) is 4.43. The summed E-state index contributed by atoms with van der Waals surface area (Å²) >= 11 is 0. The minimum absolute atomic E-state index is 0. The van der Waals surface area contributed by atoms with Crippen LogP contribution in [0.1, 0.15) is 12.8 Å². The lowest BCUT2D eigenvalue weighted by molar-refractivity contribution is 0.184. The molecule has 1 rings (SSSR count). The highest BCUT2D eigenvalue weighted by atomic mass is 35.5. The molecule has 0 spiro atoms. The first kappa shape index (κ1) is 10.2. The zero-order chi connectivity index (χ0) is 6.53. The monoisotopic (exact) mass is 165 g/mol. The summed E-state index contributed by atoms with van der Waals surface area (Å²) in [6, 6.07) is 0. The predicted octanol–water partition coefficient (Wildman–Crippen LogP) is 1.05. The normalized spacial score (nSPS) is 24.3. The molecule has 0 aromatic heterocycles. The molecule has 1 fully saturated rings. The van der Waals surface area contributed by atoms with E-state index >= 15 is 0 Å². The molecule has 0 amide bonds. The molecule has 1 unspecified atom stereocenters. The summed E-state index contributed by atoms with van der Waals surface area (Å²) in [6.45, 7) is 3.10. The van der Waals surface area contributed by atoms with Crippen LogP contribution in [0.2, 0.25) is 0 Å². The van der Waals surface area contributed by atoms with Crippen molar-refractivity contribution < 1.29 is 4.74 Å². The quantitative estimate of drug-likeness (QED) is 0.675. The third-order valence-corrected chi connectivity index (χ3v) is 1.83. The summed E-state index contributed by atoms with van der Waals surface area (Å²) in [6.07, 6.45) is 2.54. The smallest absolute Gasteiger partial charge is 0.0495 e. The van der Waals surface area contributed by atoms with E-state index in [1.807, 2.05) is 7.05 Å². The molecule has 1 N–H and O–H groups in total. The van der Waals surface area contributed by atoms with E-state index in [0.717, 1.165) is 25.7 Å². The lowest BCUT2D eigenvalue weighted by Gasteiger charge is -2.04. The molecule has 1 aliphatic rings. The molecule has 0 aromatic rings. The molecule has 0 aliphatic carbocycles. The third kappa shape index (κ3) is 3.40. The van der Waals surface area contributed by atoms with Gasteiger partial charge in [-0.15, -0.1) is 12.4 Å². The molecule has 1 saturated heterocycles. The van der Waals surface area contributed by atoms with Gasteiger partial charge < -0.3 is 10.1 Å². The first-order valence-electron chi connectivity index (χ1n) is 3.66. The Balaban J connectivity index is 0.000000810. The van der Waals surface area contributed by atoms with Crippen molar-refractivity contribution in [1.82, 2.24) is 5.32 Å². The van der Waals surface area contributed by atoms with Crippen LogP contribution in [0.25, 0.3) is 0 Å². The van der Waals surface area contributed by atoms with E-state index in [-0.39, 0.29) is 12.4 Å². The maximum atomic E-state index is 5.23. The van der Waals surface area contributed by atoms with Gasteiger partial charge in [0, 0.05) is 13.2 Å². The van der Waals surface area contributed by atoms with Gasteiger partial charge in [-0.25, -0.2) is 0 Å². The maximum Gasteiger partial charge on any atom is 0.0495 e. The van der Waals surface area contributed by atoms with Crippen molar-refractivity contribution in [2.24, 2.45) is 5.92 Å². The first-order valence-corrected chi connectivity index (χ1v) is 3.66. The van der Waals surface area contributed by atoms with Crippen LogP contribution in [0.5, 0.6) is 0 Å². The minimum atomic E-state index is 0. The second kappa shape index (κ2) is 5.96. The Labute approximate surface area is 68.7 Å². The van der Waals surface area contributed by atoms with Crippen LogP contribution < -0.4 is 5.32 Å². The molecule has 10 heavy (non-hydrogen) atoms. The van der Waals surface area contributed by atoms with Gasteiger partial charge in [-0.3, -0.25) is 0 Å². The molecular weight excluding hydrogens is 150 g/mol. The average molecular weight is 166 g/mol. The van der Waals surface area contributed by atoms with Crippen molar-refractivity contribution in [1.29, 1.82) is 0 Å². The summed E-state index contributed by atoms with van der Waals surface area (Å²) in [5, 5.41) is 3.14. The highest BCUT2D eigenvalue weighted by Crippen LogP contribution is 2.14. The Morgan fingerprint density at radius 1 is 1.60 bits per heavy atom. The molecule has 1 aliphatic heterocycles. The number of hydrogen-bond acceptors (Lipinski definition) is 2. The largest absolute Gasteiger partial charge is 0.381 e. The van der Waals surface area contributed by atoms with Gasteiger partial charge in [-0.2, -0.15) is 0 Å². The maximum absolute atomic E-state index is 5.23. The van der Waals surface area contributed by atoms with Gasteiger partial charge in [-0.05, 0) is 32.4 Å². The van der Waals surface area contributed by atoms with E-state index in [0.29, 0.717) is 0 Å². The SMILES string of the molecule is CNCCC1CCOC1.Cl. The highest BCUT2D eigenvalue weighted by Gasteiger charge is 2.13. The van der Waals surface area contributed by atoms with Crippen LogP contribution in [-0.2, 0) is 4.74 Å². The van der Waals surface area contributed by atoms with E-state index in [1.54, 1.807) is 0 Å². The van der Waals surface area contributed by atoms with Gasteiger partial charge in [0.05, 0.1) is 0 Å². The molecule has 1 atom stereocenters. The van der Waals surface area contributed by atoms with E-state index in [4.69, 9.17) is 4.74 Å². The topological polar surface area (TPSA) is 21.3 Å². The number of ether oxygens (including phenoxy) is 1. The van der Waals surface area contributed by atoms with Gasteiger partial charge in [0.1, 0.15) is 0 Å². The summed E-state index contributed by atoms with van der Waals surface area (Å²) in [7, 11) is 2.00. The second-order valence-electron chi connectivity index (χ2n) is 2.62. The third-order valence-electron chi connectivity index (χ3n) is 1.83. The van der Waals surface area contributed by atoms with Crippen LogP contribution >= 0.6 is 12.4 Å². The predicted molar refractivity (Wildman–Crippen MR) is 44.7 cm³/mol. The van der Waals surface area contributed by atoms with E-state index in [9.17, 15) is 0 Å². The van der Waals surface area contributed by atoms with Gasteiger partial charge in [-0.1, -0.05) is 0 Å². The molecular formula is C7H16ClNO. The van der Waals surface area contributed by atoms with Gasteiger partial charge in [0.2, 0.25) is 0 Å². The van der Waals surface area contributed by atoms with Crippen molar-refractivity contribution in [3.05, 3.63) is 0 Å². The van der Waals surface area contributed by atoms with Crippen molar-refractivity contribution in [3.63, 3.8) is 0 Å². The molecule has 3 heteroatoms. The average Bonchev–Trinajstić information content (AvgIpc) is 2.34. The number of rotatable bonds is 3. The minimum Gasteiger partial charge on any atom is -0.381 e. The van der Waals surface area contributed by atoms with Crippen LogP contribution in [0.3, 0.4) is 0 Å². The van der Waals surface area contributed by atoms with Gasteiger partial charge >= 0.3 is 0 Å². The Morgan fingerprint density at radius 2 is 2.40 bits per heavy atom. The molecule has 2 nitrogen and oxygen atoms in total. The van der Waals surface area contributed by atoms with Crippen molar-refractivity contribution >= 4 is 12.4 Å². The van der Waals surface area contributed by atoms with E-state index in [1.165, 1.54) is 12.8 Å². The summed E-state index contributed by atoms with van der Waals surface area (Å²) in [5.74, 6) is 0.831. The fraction of sp³-hybridized carbons (Fsp3) is 1.00. The molecule has 0 aromatic carbocycles. The van der Waals surface area contributed by atoms with Crippen molar-refractivity contribution in [2.45, 2.75) is 12.8 Å². The standard InChI is InChI=1S/C7H15NO.ClH/c1-8-4-2-7-3-5-9-6-7;/h7-8H,2-6H2,1H3;1H. The fourth-order valence-electron chi connectivity index (χ4n) is 1.16. The zero-order valence-electron chi connectivity index (χ0n) is 6.43. The lowest BCUT2D eigenvalue weighted by Crippen LogP contribution is -2.12. The Morgan fingerprint density at radius 3 is 2.90 bits per heavy atom. The van der Waals surface area contributed by atoms with E-state index < -0.39 is 0 Å². The van der Waals surface area contributed by atoms with E-state index in [2.05, 4.69) is 5.32 Å². The van der Waals surface area contributed by atoms with Gasteiger partial charge in [0.25, 0.3) is 0 Å². The lowest BCUT2D eigenvalue weighted by atomic mass is 10.1. The van der Waals surface area contributed by atoms with Crippen LogP contribution in [0, 0.1) is 5.92 Å². The molecule has 1 heterocycles. The van der Waals surface area contributed by atoms with Crippen LogP contribution in [0.4, 0.5) is 0 Å². The number of halogens is 1. The Hall–Kier alpha value is 0.210.